The number of hydrogen-bond donors (Lipinski definition) is 2. The third-order valence-electron chi connectivity index (χ3n) is 2.65. The molecule has 1 aliphatic rings. The van der Waals surface area contributed by atoms with Crippen molar-refractivity contribution < 1.29 is 9.53 Å². The zero-order valence-corrected chi connectivity index (χ0v) is 10.2. The standard InChI is InChI=1S/C12H15ClN2O2/c13-9-1-3-10(4-2-9)15-12(16)17-11-5-7-14-8-6-11/h1-4,11,14H,5-8H2,(H,15,16). The number of rotatable bonds is 2. The minimum absolute atomic E-state index is 0.0172. The molecule has 0 radical (unpaired) electrons. The number of hydrogen-bond acceptors (Lipinski definition) is 3. The number of piperidine rings is 1. The number of nitrogens with one attached hydrogen (secondary N) is 2. The van der Waals surface area contributed by atoms with Gasteiger partial charge in [-0.15, -0.1) is 0 Å². The molecule has 1 fully saturated rings. The van der Waals surface area contributed by atoms with Crippen LogP contribution in [0.2, 0.25) is 5.02 Å². The predicted molar refractivity (Wildman–Crippen MR) is 67.4 cm³/mol. The summed E-state index contributed by atoms with van der Waals surface area (Å²) in [4.78, 5) is 11.6. The molecule has 0 atom stereocenters. The zero-order valence-electron chi connectivity index (χ0n) is 9.41. The Balaban J connectivity index is 1.82. The molecule has 92 valence electrons. The fraction of sp³-hybridized carbons (Fsp3) is 0.417. The summed E-state index contributed by atoms with van der Waals surface area (Å²) in [6.45, 7) is 1.80. The van der Waals surface area contributed by atoms with Gasteiger partial charge >= 0.3 is 6.09 Å². The van der Waals surface area contributed by atoms with Gasteiger partial charge in [0.2, 0.25) is 0 Å². The molecule has 0 bridgehead atoms. The van der Waals surface area contributed by atoms with Crippen molar-refractivity contribution in [2.75, 3.05) is 18.4 Å². The SMILES string of the molecule is O=C(Nc1ccc(Cl)cc1)OC1CCNCC1. The van der Waals surface area contributed by atoms with Gasteiger partial charge in [-0.2, -0.15) is 0 Å². The molecule has 0 aromatic heterocycles. The highest BCUT2D eigenvalue weighted by molar-refractivity contribution is 6.30. The summed E-state index contributed by atoms with van der Waals surface area (Å²) in [6, 6.07) is 6.93. The summed E-state index contributed by atoms with van der Waals surface area (Å²) in [5.41, 5.74) is 0.688. The average Bonchev–Trinajstić information content (AvgIpc) is 2.33. The van der Waals surface area contributed by atoms with Gasteiger partial charge in [-0.1, -0.05) is 11.6 Å². The van der Waals surface area contributed by atoms with E-state index in [1.165, 1.54) is 0 Å². The van der Waals surface area contributed by atoms with E-state index in [9.17, 15) is 4.79 Å². The van der Waals surface area contributed by atoms with Gasteiger partial charge < -0.3 is 10.1 Å². The van der Waals surface area contributed by atoms with E-state index in [-0.39, 0.29) is 6.10 Å². The van der Waals surface area contributed by atoms with E-state index in [0.717, 1.165) is 25.9 Å². The molecule has 1 amide bonds. The summed E-state index contributed by atoms with van der Waals surface area (Å²) >= 11 is 5.75. The molecule has 0 saturated carbocycles. The monoisotopic (exact) mass is 254 g/mol. The van der Waals surface area contributed by atoms with Crippen molar-refractivity contribution in [3.63, 3.8) is 0 Å². The number of carbonyl (C=O) groups is 1. The number of carbonyl (C=O) groups excluding carboxylic acids is 1. The van der Waals surface area contributed by atoms with E-state index in [4.69, 9.17) is 16.3 Å². The summed E-state index contributed by atoms with van der Waals surface area (Å²) in [6.07, 6.45) is 1.35. The Morgan fingerprint density at radius 3 is 2.59 bits per heavy atom. The Bertz CT molecular complexity index is 375. The van der Waals surface area contributed by atoms with Crippen LogP contribution in [0.4, 0.5) is 10.5 Å². The molecular formula is C12H15ClN2O2. The second-order valence-electron chi connectivity index (χ2n) is 3.99. The lowest BCUT2D eigenvalue weighted by Gasteiger charge is -2.22. The van der Waals surface area contributed by atoms with Crippen LogP contribution in [0.15, 0.2) is 24.3 Å². The molecule has 4 nitrogen and oxygen atoms in total. The zero-order chi connectivity index (χ0) is 12.1. The molecule has 2 rings (SSSR count). The van der Waals surface area contributed by atoms with Crippen LogP contribution in [0.1, 0.15) is 12.8 Å². The molecule has 5 heteroatoms. The Kier molecular flexibility index (Phi) is 4.23. The van der Waals surface area contributed by atoms with Gasteiger partial charge in [0.25, 0.3) is 0 Å². The van der Waals surface area contributed by atoms with Crippen LogP contribution in [0.3, 0.4) is 0 Å². The van der Waals surface area contributed by atoms with E-state index >= 15 is 0 Å². The maximum absolute atomic E-state index is 11.6. The third-order valence-corrected chi connectivity index (χ3v) is 2.90. The first-order chi connectivity index (χ1) is 8.24. The van der Waals surface area contributed by atoms with Crippen LogP contribution in [0, 0.1) is 0 Å². The molecule has 1 aliphatic heterocycles. The number of anilines is 1. The first-order valence-electron chi connectivity index (χ1n) is 5.68. The highest BCUT2D eigenvalue weighted by atomic mass is 35.5. The Labute approximate surface area is 105 Å². The minimum Gasteiger partial charge on any atom is -0.446 e. The lowest BCUT2D eigenvalue weighted by Crippen LogP contribution is -2.34. The maximum Gasteiger partial charge on any atom is 0.411 e. The van der Waals surface area contributed by atoms with Gasteiger partial charge in [-0.25, -0.2) is 4.79 Å². The number of benzene rings is 1. The summed E-state index contributed by atoms with van der Waals surface area (Å²) < 4.78 is 5.30. The molecular weight excluding hydrogens is 240 g/mol. The van der Waals surface area contributed by atoms with Crippen LogP contribution in [0.25, 0.3) is 0 Å². The smallest absolute Gasteiger partial charge is 0.411 e. The van der Waals surface area contributed by atoms with Gasteiger partial charge in [0.1, 0.15) is 6.10 Å². The van der Waals surface area contributed by atoms with Crippen LogP contribution in [-0.4, -0.2) is 25.3 Å². The predicted octanol–water partition coefficient (Wildman–Crippen LogP) is 2.64. The summed E-state index contributed by atoms with van der Waals surface area (Å²) in [7, 11) is 0. The van der Waals surface area contributed by atoms with Gasteiger partial charge in [0.05, 0.1) is 0 Å². The molecule has 0 aliphatic carbocycles. The third kappa shape index (κ3) is 3.91. The van der Waals surface area contributed by atoms with Crippen molar-refractivity contribution in [1.82, 2.24) is 5.32 Å². The van der Waals surface area contributed by atoms with E-state index < -0.39 is 6.09 Å². The number of amides is 1. The van der Waals surface area contributed by atoms with E-state index in [1.807, 2.05) is 0 Å². The molecule has 1 aromatic rings. The second-order valence-corrected chi connectivity index (χ2v) is 4.42. The van der Waals surface area contributed by atoms with E-state index in [2.05, 4.69) is 10.6 Å². The first kappa shape index (κ1) is 12.2. The van der Waals surface area contributed by atoms with E-state index in [0.29, 0.717) is 10.7 Å². The largest absolute Gasteiger partial charge is 0.446 e. The van der Waals surface area contributed by atoms with Gasteiger partial charge in [0.15, 0.2) is 0 Å². The fourth-order valence-electron chi connectivity index (χ4n) is 1.75. The van der Waals surface area contributed by atoms with Gasteiger partial charge in [-0.05, 0) is 50.2 Å². The Morgan fingerprint density at radius 1 is 1.29 bits per heavy atom. The van der Waals surface area contributed by atoms with Crippen molar-refractivity contribution in [3.05, 3.63) is 29.3 Å². The normalized spacial score (nSPS) is 16.5. The molecule has 1 saturated heterocycles. The highest BCUT2D eigenvalue weighted by Gasteiger charge is 2.17. The van der Waals surface area contributed by atoms with Crippen LogP contribution < -0.4 is 10.6 Å². The Hall–Kier alpha value is -1.26. The van der Waals surface area contributed by atoms with Crippen molar-refractivity contribution in [1.29, 1.82) is 0 Å². The maximum atomic E-state index is 11.6. The lowest BCUT2D eigenvalue weighted by molar-refractivity contribution is 0.0909. The number of ether oxygens (including phenoxy) is 1. The minimum atomic E-state index is -0.403. The molecule has 1 heterocycles. The fourth-order valence-corrected chi connectivity index (χ4v) is 1.87. The Morgan fingerprint density at radius 2 is 1.94 bits per heavy atom. The van der Waals surface area contributed by atoms with Crippen molar-refractivity contribution in [2.45, 2.75) is 18.9 Å². The van der Waals surface area contributed by atoms with Crippen LogP contribution >= 0.6 is 11.6 Å². The van der Waals surface area contributed by atoms with Crippen molar-refractivity contribution in [3.8, 4) is 0 Å². The van der Waals surface area contributed by atoms with Crippen molar-refractivity contribution >= 4 is 23.4 Å². The molecule has 1 aromatic carbocycles. The molecule has 0 spiro atoms. The van der Waals surface area contributed by atoms with Crippen molar-refractivity contribution in [2.24, 2.45) is 0 Å². The first-order valence-corrected chi connectivity index (χ1v) is 6.06. The van der Waals surface area contributed by atoms with Crippen LogP contribution in [0.5, 0.6) is 0 Å². The summed E-state index contributed by atoms with van der Waals surface area (Å²) in [5.74, 6) is 0. The van der Waals surface area contributed by atoms with E-state index in [1.54, 1.807) is 24.3 Å². The average molecular weight is 255 g/mol. The second kappa shape index (κ2) is 5.89. The summed E-state index contributed by atoms with van der Waals surface area (Å²) in [5, 5.41) is 6.53. The lowest BCUT2D eigenvalue weighted by atomic mass is 10.1. The topological polar surface area (TPSA) is 50.4 Å². The van der Waals surface area contributed by atoms with Gasteiger partial charge in [-0.3, -0.25) is 5.32 Å². The quantitative estimate of drug-likeness (QED) is 0.853. The van der Waals surface area contributed by atoms with Gasteiger partial charge in [0, 0.05) is 10.7 Å². The molecule has 2 N–H and O–H groups in total. The molecule has 17 heavy (non-hydrogen) atoms. The van der Waals surface area contributed by atoms with Crippen LogP contribution in [-0.2, 0) is 4.74 Å². The number of halogens is 1. The molecule has 0 unspecified atom stereocenters. The highest BCUT2D eigenvalue weighted by Crippen LogP contribution is 2.14.